The Balaban J connectivity index is 0.00000131. The normalized spacial score (nSPS) is 11.1. The molecular weight excluding hydrogens is 383 g/mol. The minimum absolute atomic E-state index is 0. The molecular formula is C20H24Cl2N4O. The number of nitrogens with one attached hydrogen (secondary N) is 1. The van der Waals surface area contributed by atoms with Crippen molar-refractivity contribution in [2.75, 3.05) is 32.5 Å². The second kappa shape index (κ2) is 8.30. The number of benzene rings is 2. The van der Waals surface area contributed by atoms with Gasteiger partial charge in [-0.3, -0.25) is 9.20 Å². The summed E-state index contributed by atoms with van der Waals surface area (Å²) in [5, 5.41) is 4.91. The predicted octanol–water partition coefficient (Wildman–Crippen LogP) is 3.82. The number of imidazole rings is 1. The van der Waals surface area contributed by atoms with E-state index in [2.05, 4.69) is 21.5 Å². The Morgan fingerprint density at radius 3 is 2.56 bits per heavy atom. The molecule has 2 heterocycles. The van der Waals surface area contributed by atoms with Crippen molar-refractivity contribution in [1.29, 1.82) is 0 Å². The van der Waals surface area contributed by atoms with Crippen LogP contribution in [0.15, 0.2) is 41.2 Å². The largest absolute Gasteiger partial charge is 0.383 e. The van der Waals surface area contributed by atoms with Gasteiger partial charge in [0.1, 0.15) is 5.82 Å². The van der Waals surface area contributed by atoms with E-state index in [0.717, 1.165) is 58.3 Å². The lowest BCUT2D eigenvalue weighted by Crippen LogP contribution is -2.21. The second-order valence-electron chi connectivity index (χ2n) is 6.65. The molecule has 0 fully saturated rings. The number of para-hydroxylation sites is 1. The fourth-order valence-electron chi connectivity index (χ4n) is 3.50. The number of halogens is 2. The predicted molar refractivity (Wildman–Crippen MR) is 119 cm³/mol. The van der Waals surface area contributed by atoms with Crippen molar-refractivity contribution < 1.29 is 0 Å². The van der Waals surface area contributed by atoms with Gasteiger partial charge in [0.15, 0.2) is 5.43 Å². The summed E-state index contributed by atoms with van der Waals surface area (Å²) in [5.41, 5.74) is 3.70. The smallest absolute Gasteiger partial charge is 0.199 e. The molecule has 0 aliphatic carbocycles. The van der Waals surface area contributed by atoms with E-state index in [9.17, 15) is 4.79 Å². The highest BCUT2D eigenvalue weighted by atomic mass is 35.5. The maximum atomic E-state index is 13.2. The first-order valence-corrected chi connectivity index (χ1v) is 8.69. The van der Waals surface area contributed by atoms with Gasteiger partial charge in [-0.05, 0) is 38.4 Å². The molecule has 27 heavy (non-hydrogen) atoms. The SMILES string of the molecule is CCc1nc2ccc(NCCN(C)C)c3c(=O)c4ccccc4n1c23.Cl.Cl. The molecule has 0 unspecified atom stereocenters. The number of hydrogen-bond donors (Lipinski definition) is 1. The van der Waals surface area contributed by atoms with E-state index in [1.165, 1.54) is 0 Å². The van der Waals surface area contributed by atoms with Crippen molar-refractivity contribution >= 4 is 57.8 Å². The number of rotatable bonds is 5. The van der Waals surface area contributed by atoms with E-state index in [-0.39, 0.29) is 30.2 Å². The van der Waals surface area contributed by atoms with Gasteiger partial charge in [-0.25, -0.2) is 4.98 Å². The highest BCUT2D eigenvalue weighted by Gasteiger charge is 2.18. The summed E-state index contributed by atoms with van der Waals surface area (Å²) in [5.74, 6) is 0.988. The minimum Gasteiger partial charge on any atom is -0.383 e. The lowest BCUT2D eigenvalue weighted by atomic mass is 10.1. The van der Waals surface area contributed by atoms with Crippen LogP contribution in [0, 0.1) is 0 Å². The van der Waals surface area contributed by atoms with E-state index in [1.54, 1.807) is 0 Å². The number of aryl methyl sites for hydroxylation is 1. The Hall–Kier alpha value is -2.08. The van der Waals surface area contributed by atoms with E-state index in [0.29, 0.717) is 0 Å². The van der Waals surface area contributed by atoms with Gasteiger partial charge in [0.05, 0.1) is 21.9 Å². The van der Waals surface area contributed by atoms with Gasteiger partial charge in [0.25, 0.3) is 0 Å². The van der Waals surface area contributed by atoms with Gasteiger partial charge in [-0.15, -0.1) is 24.8 Å². The Bertz CT molecular complexity index is 1120. The Kier molecular flexibility index (Phi) is 6.52. The van der Waals surface area contributed by atoms with Crippen LogP contribution in [0.4, 0.5) is 5.69 Å². The molecule has 0 bridgehead atoms. The molecule has 144 valence electrons. The fraction of sp³-hybridized carbons (Fsp3) is 0.300. The van der Waals surface area contributed by atoms with E-state index < -0.39 is 0 Å². The third-order valence-electron chi connectivity index (χ3n) is 4.70. The van der Waals surface area contributed by atoms with Gasteiger partial charge in [0.2, 0.25) is 0 Å². The van der Waals surface area contributed by atoms with Gasteiger partial charge in [-0.2, -0.15) is 0 Å². The van der Waals surface area contributed by atoms with Crippen molar-refractivity contribution in [1.82, 2.24) is 14.3 Å². The van der Waals surface area contributed by atoms with Crippen LogP contribution in [0.5, 0.6) is 0 Å². The fourth-order valence-corrected chi connectivity index (χ4v) is 3.50. The van der Waals surface area contributed by atoms with Crippen LogP contribution < -0.4 is 10.7 Å². The number of aromatic nitrogens is 2. The minimum atomic E-state index is 0. The monoisotopic (exact) mass is 406 g/mol. The molecule has 0 amide bonds. The topological polar surface area (TPSA) is 49.6 Å². The van der Waals surface area contributed by atoms with Crippen LogP contribution in [0.25, 0.3) is 27.3 Å². The van der Waals surface area contributed by atoms with E-state index in [1.807, 2.05) is 50.5 Å². The number of hydrogen-bond acceptors (Lipinski definition) is 4. The first-order chi connectivity index (χ1) is 12.1. The van der Waals surface area contributed by atoms with Crippen LogP contribution in [0.1, 0.15) is 12.7 Å². The van der Waals surface area contributed by atoms with Crippen molar-refractivity contribution in [3.05, 3.63) is 52.4 Å². The molecule has 0 spiro atoms. The van der Waals surface area contributed by atoms with Crippen LogP contribution in [-0.4, -0.2) is 41.5 Å². The lowest BCUT2D eigenvalue weighted by Gasteiger charge is -2.14. The quantitative estimate of drug-likeness (QED) is 0.511. The zero-order chi connectivity index (χ0) is 17.6. The van der Waals surface area contributed by atoms with Crippen LogP contribution >= 0.6 is 24.8 Å². The molecule has 0 saturated carbocycles. The zero-order valence-electron chi connectivity index (χ0n) is 15.7. The first-order valence-electron chi connectivity index (χ1n) is 8.69. The molecule has 2 aromatic heterocycles. The molecule has 0 aliphatic heterocycles. The number of anilines is 1. The molecule has 1 N–H and O–H groups in total. The summed E-state index contributed by atoms with van der Waals surface area (Å²) in [7, 11) is 4.08. The molecule has 0 atom stereocenters. The number of nitrogens with zero attached hydrogens (tertiary/aromatic N) is 3. The summed E-state index contributed by atoms with van der Waals surface area (Å²) in [4.78, 5) is 20.1. The molecule has 2 aromatic carbocycles. The van der Waals surface area contributed by atoms with Crippen molar-refractivity contribution in [3.63, 3.8) is 0 Å². The maximum Gasteiger partial charge on any atom is 0.199 e. The number of pyridine rings is 1. The zero-order valence-corrected chi connectivity index (χ0v) is 17.3. The second-order valence-corrected chi connectivity index (χ2v) is 6.65. The lowest BCUT2D eigenvalue weighted by molar-refractivity contribution is 0.425. The summed E-state index contributed by atoms with van der Waals surface area (Å²) in [6.07, 6.45) is 0.819. The number of fused-ring (bicyclic) bond motifs is 2. The van der Waals surface area contributed by atoms with Gasteiger partial charge in [0, 0.05) is 30.6 Å². The van der Waals surface area contributed by atoms with E-state index >= 15 is 0 Å². The summed E-state index contributed by atoms with van der Waals surface area (Å²) < 4.78 is 2.15. The van der Waals surface area contributed by atoms with Crippen molar-refractivity contribution in [2.24, 2.45) is 0 Å². The van der Waals surface area contributed by atoms with E-state index in [4.69, 9.17) is 4.98 Å². The highest BCUT2D eigenvalue weighted by Crippen LogP contribution is 2.30. The first kappa shape index (κ1) is 21.2. The maximum absolute atomic E-state index is 13.2. The average molecular weight is 407 g/mol. The van der Waals surface area contributed by atoms with Crippen LogP contribution in [-0.2, 0) is 6.42 Å². The molecule has 4 rings (SSSR count). The molecule has 5 nitrogen and oxygen atoms in total. The van der Waals surface area contributed by atoms with Crippen LogP contribution in [0.3, 0.4) is 0 Å². The Morgan fingerprint density at radius 2 is 1.85 bits per heavy atom. The van der Waals surface area contributed by atoms with Gasteiger partial charge in [-0.1, -0.05) is 19.1 Å². The standard InChI is InChI=1S/C20H22N4O.2ClH/c1-4-17-22-15-10-9-14(21-11-12-23(2)3)18-19(15)24(17)16-8-6-5-7-13(16)20(18)25;;/h5-10,21H,4,11-12H2,1-3H3;2*1H. The molecule has 4 aromatic rings. The molecule has 0 saturated heterocycles. The summed E-state index contributed by atoms with van der Waals surface area (Å²) >= 11 is 0. The third-order valence-corrected chi connectivity index (χ3v) is 4.70. The summed E-state index contributed by atoms with van der Waals surface area (Å²) in [6.45, 7) is 3.79. The summed E-state index contributed by atoms with van der Waals surface area (Å²) in [6, 6.07) is 11.8. The Labute approximate surface area is 170 Å². The van der Waals surface area contributed by atoms with Gasteiger partial charge < -0.3 is 10.2 Å². The van der Waals surface area contributed by atoms with Crippen LogP contribution in [0.2, 0.25) is 0 Å². The molecule has 7 heteroatoms. The third kappa shape index (κ3) is 3.43. The highest BCUT2D eigenvalue weighted by molar-refractivity contribution is 6.07. The van der Waals surface area contributed by atoms with Gasteiger partial charge >= 0.3 is 0 Å². The molecule has 0 aliphatic rings. The Morgan fingerprint density at radius 1 is 1.11 bits per heavy atom. The number of likely N-dealkylation sites (N-methyl/N-ethyl adjacent to an activating group) is 1. The van der Waals surface area contributed by atoms with Crippen molar-refractivity contribution in [3.8, 4) is 0 Å². The average Bonchev–Trinajstić information content (AvgIpc) is 2.99. The van der Waals surface area contributed by atoms with Crippen molar-refractivity contribution in [2.45, 2.75) is 13.3 Å². The molecule has 0 radical (unpaired) electrons.